The highest BCUT2D eigenvalue weighted by molar-refractivity contribution is 7.09. The molecule has 0 aliphatic heterocycles. The molecule has 5 heteroatoms. The van der Waals surface area contributed by atoms with Gasteiger partial charge in [0.25, 0.3) is 0 Å². The standard InChI is InChI=1S/C15H21N3OS/c1-2-3-8-18(9-4-5-15(16)19)12-6-7-13-14(10-12)20-11-17-13/h11-12H,4-10H2,1H3,(H2,16,19). The molecule has 1 aromatic heterocycles. The van der Waals surface area contributed by atoms with E-state index < -0.39 is 0 Å². The van der Waals surface area contributed by atoms with Crippen LogP contribution in [0, 0.1) is 11.8 Å². The SMILES string of the molecule is CC#CCN(CCCC(N)=O)C1CCc2ncsc2C1. The Hall–Kier alpha value is -1.38. The van der Waals surface area contributed by atoms with Crippen LogP contribution in [0.4, 0.5) is 0 Å². The van der Waals surface area contributed by atoms with E-state index in [9.17, 15) is 4.79 Å². The highest BCUT2D eigenvalue weighted by Gasteiger charge is 2.25. The number of rotatable bonds is 6. The molecule has 1 atom stereocenters. The summed E-state index contributed by atoms with van der Waals surface area (Å²) in [4.78, 5) is 19.1. The molecule has 0 fully saturated rings. The molecular formula is C15H21N3OS. The van der Waals surface area contributed by atoms with Crippen molar-refractivity contribution >= 4 is 17.2 Å². The van der Waals surface area contributed by atoms with Gasteiger partial charge in [0.05, 0.1) is 17.7 Å². The summed E-state index contributed by atoms with van der Waals surface area (Å²) in [5.41, 5.74) is 8.42. The van der Waals surface area contributed by atoms with Crippen LogP contribution in [0.2, 0.25) is 0 Å². The van der Waals surface area contributed by atoms with E-state index in [-0.39, 0.29) is 5.91 Å². The lowest BCUT2D eigenvalue weighted by Gasteiger charge is -2.32. The van der Waals surface area contributed by atoms with Crippen LogP contribution < -0.4 is 5.73 Å². The van der Waals surface area contributed by atoms with Crippen LogP contribution in [-0.2, 0) is 17.6 Å². The molecule has 2 N–H and O–H groups in total. The van der Waals surface area contributed by atoms with Crippen molar-refractivity contribution in [3.05, 3.63) is 16.1 Å². The second-order valence-corrected chi connectivity index (χ2v) is 6.03. The van der Waals surface area contributed by atoms with Crippen LogP contribution in [0.15, 0.2) is 5.51 Å². The number of carbonyl (C=O) groups is 1. The summed E-state index contributed by atoms with van der Waals surface area (Å²) in [6.07, 6.45) is 4.50. The maximum Gasteiger partial charge on any atom is 0.217 e. The van der Waals surface area contributed by atoms with E-state index in [0.717, 1.165) is 38.8 Å². The number of primary amides is 1. The van der Waals surface area contributed by atoms with E-state index in [4.69, 9.17) is 5.73 Å². The summed E-state index contributed by atoms with van der Waals surface area (Å²) in [6.45, 7) is 3.52. The molecule has 4 nitrogen and oxygen atoms in total. The normalized spacial score (nSPS) is 17.4. The molecule has 1 aromatic rings. The zero-order chi connectivity index (χ0) is 14.4. The summed E-state index contributed by atoms with van der Waals surface area (Å²) in [5, 5.41) is 0. The number of nitrogens with zero attached hydrogens (tertiary/aromatic N) is 2. The van der Waals surface area contributed by atoms with E-state index in [0.29, 0.717) is 12.5 Å². The molecule has 1 amide bonds. The number of hydrogen-bond acceptors (Lipinski definition) is 4. The smallest absolute Gasteiger partial charge is 0.217 e. The van der Waals surface area contributed by atoms with E-state index in [1.807, 2.05) is 12.4 Å². The van der Waals surface area contributed by atoms with Gasteiger partial charge >= 0.3 is 0 Å². The number of aromatic nitrogens is 1. The van der Waals surface area contributed by atoms with Crippen LogP contribution >= 0.6 is 11.3 Å². The first-order valence-corrected chi connectivity index (χ1v) is 7.92. The minimum atomic E-state index is -0.222. The van der Waals surface area contributed by atoms with E-state index in [1.165, 1.54) is 10.6 Å². The zero-order valence-corrected chi connectivity index (χ0v) is 12.7. The summed E-state index contributed by atoms with van der Waals surface area (Å²) >= 11 is 1.75. The van der Waals surface area contributed by atoms with Crippen LogP contribution in [0.5, 0.6) is 0 Å². The Kier molecular flexibility index (Phi) is 5.57. The fourth-order valence-corrected chi connectivity index (χ4v) is 3.51. The maximum absolute atomic E-state index is 10.9. The topological polar surface area (TPSA) is 59.2 Å². The largest absolute Gasteiger partial charge is 0.370 e. The van der Waals surface area contributed by atoms with E-state index >= 15 is 0 Å². The summed E-state index contributed by atoms with van der Waals surface area (Å²) in [6, 6.07) is 0.511. The van der Waals surface area contributed by atoms with Crippen molar-refractivity contribution in [2.24, 2.45) is 5.73 Å². The first-order chi connectivity index (χ1) is 9.70. The number of amides is 1. The monoisotopic (exact) mass is 291 g/mol. The molecule has 1 aliphatic carbocycles. The molecule has 0 saturated carbocycles. The highest BCUT2D eigenvalue weighted by atomic mass is 32.1. The van der Waals surface area contributed by atoms with Crippen molar-refractivity contribution in [2.75, 3.05) is 13.1 Å². The lowest BCUT2D eigenvalue weighted by molar-refractivity contribution is -0.118. The minimum absolute atomic E-state index is 0.222. The second-order valence-electron chi connectivity index (χ2n) is 5.09. The molecule has 2 rings (SSSR count). The third-order valence-electron chi connectivity index (χ3n) is 3.70. The van der Waals surface area contributed by atoms with Crippen molar-refractivity contribution in [1.82, 2.24) is 9.88 Å². The van der Waals surface area contributed by atoms with Gasteiger partial charge in [-0.15, -0.1) is 17.3 Å². The molecule has 108 valence electrons. The summed E-state index contributed by atoms with van der Waals surface area (Å²) < 4.78 is 0. The Balaban J connectivity index is 1.95. The lowest BCUT2D eigenvalue weighted by atomic mass is 9.96. The number of aryl methyl sites for hydroxylation is 1. The summed E-state index contributed by atoms with van der Waals surface area (Å²) in [7, 11) is 0. The average molecular weight is 291 g/mol. The number of hydrogen-bond donors (Lipinski definition) is 1. The number of carbonyl (C=O) groups excluding carboxylic acids is 1. The van der Waals surface area contributed by atoms with Gasteiger partial charge in [0, 0.05) is 17.3 Å². The van der Waals surface area contributed by atoms with E-state index in [2.05, 4.69) is 21.7 Å². The molecule has 1 unspecified atom stereocenters. The molecule has 1 aliphatic rings. The molecule has 0 saturated heterocycles. The number of nitrogens with two attached hydrogens (primary N) is 1. The quantitative estimate of drug-likeness (QED) is 0.810. The van der Waals surface area contributed by atoms with Gasteiger partial charge in [0.15, 0.2) is 0 Å². The number of fused-ring (bicyclic) bond motifs is 1. The predicted molar refractivity (Wildman–Crippen MR) is 81.4 cm³/mol. The van der Waals surface area contributed by atoms with E-state index in [1.54, 1.807) is 11.3 Å². The van der Waals surface area contributed by atoms with Crippen molar-refractivity contribution < 1.29 is 4.79 Å². The zero-order valence-electron chi connectivity index (χ0n) is 11.9. The van der Waals surface area contributed by atoms with Crippen molar-refractivity contribution in [1.29, 1.82) is 0 Å². The second kappa shape index (κ2) is 7.41. The Morgan fingerprint density at radius 2 is 2.50 bits per heavy atom. The first-order valence-electron chi connectivity index (χ1n) is 7.04. The number of thiazole rings is 1. The molecule has 0 bridgehead atoms. The Labute approximate surface area is 124 Å². The Morgan fingerprint density at radius 1 is 1.65 bits per heavy atom. The minimum Gasteiger partial charge on any atom is -0.370 e. The highest BCUT2D eigenvalue weighted by Crippen LogP contribution is 2.26. The first kappa shape index (κ1) is 15.0. The third kappa shape index (κ3) is 4.06. The van der Waals surface area contributed by atoms with Crippen LogP contribution in [-0.4, -0.2) is 34.9 Å². The molecule has 0 aromatic carbocycles. The van der Waals surface area contributed by atoms with Gasteiger partial charge in [0.2, 0.25) is 5.91 Å². The Morgan fingerprint density at radius 3 is 3.25 bits per heavy atom. The fraction of sp³-hybridized carbons (Fsp3) is 0.600. The van der Waals surface area contributed by atoms with Gasteiger partial charge in [-0.25, -0.2) is 4.98 Å². The fourth-order valence-electron chi connectivity index (χ4n) is 2.62. The van der Waals surface area contributed by atoms with Gasteiger partial charge < -0.3 is 5.73 Å². The van der Waals surface area contributed by atoms with Crippen LogP contribution in [0.1, 0.15) is 36.8 Å². The van der Waals surface area contributed by atoms with Gasteiger partial charge in [-0.05, 0) is 39.2 Å². The van der Waals surface area contributed by atoms with Crippen molar-refractivity contribution in [3.8, 4) is 11.8 Å². The maximum atomic E-state index is 10.9. The predicted octanol–water partition coefficient (Wildman–Crippen LogP) is 1.59. The molecular weight excluding hydrogens is 270 g/mol. The van der Waals surface area contributed by atoms with Crippen molar-refractivity contribution in [3.63, 3.8) is 0 Å². The van der Waals surface area contributed by atoms with Gasteiger partial charge in [-0.3, -0.25) is 9.69 Å². The molecule has 20 heavy (non-hydrogen) atoms. The molecule has 1 heterocycles. The molecule has 0 spiro atoms. The van der Waals surface area contributed by atoms with Crippen LogP contribution in [0.3, 0.4) is 0 Å². The van der Waals surface area contributed by atoms with Gasteiger partial charge in [0.1, 0.15) is 0 Å². The van der Waals surface area contributed by atoms with Crippen molar-refractivity contribution in [2.45, 2.75) is 45.1 Å². The lowest BCUT2D eigenvalue weighted by Crippen LogP contribution is -2.40. The Bertz CT molecular complexity index is 515. The molecule has 0 radical (unpaired) electrons. The van der Waals surface area contributed by atoms with Gasteiger partial charge in [-0.1, -0.05) is 5.92 Å². The average Bonchev–Trinajstić information content (AvgIpc) is 2.89. The summed E-state index contributed by atoms with van der Waals surface area (Å²) in [5.74, 6) is 5.88. The van der Waals surface area contributed by atoms with Crippen LogP contribution in [0.25, 0.3) is 0 Å². The third-order valence-corrected chi connectivity index (χ3v) is 4.60. The van der Waals surface area contributed by atoms with Gasteiger partial charge in [-0.2, -0.15) is 0 Å².